The quantitative estimate of drug-likeness (QED) is 0.842. The summed E-state index contributed by atoms with van der Waals surface area (Å²) in [6.45, 7) is 9.45. The van der Waals surface area contributed by atoms with Crippen LogP contribution in [0.25, 0.3) is 10.9 Å². The first-order valence-electron chi connectivity index (χ1n) is 6.26. The van der Waals surface area contributed by atoms with E-state index in [1.165, 1.54) is 33.3 Å². The Balaban J connectivity index is 2.94. The van der Waals surface area contributed by atoms with E-state index in [-0.39, 0.29) is 0 Å². The number of hydrogen-bond donors (Lipinski definition) is 1. The fraction of sp³-hybridized carbons (Fsp3) is 0.467. The van der Waals surface area contributed by atoms with Crippen molar-refractivity contribution in [3.05, 3.63) is 34.5 Å². The highest BCUT2D eigenvalue weighted by Crippen LogP contribution is 2.33. The third-order valence-electron chi connectivity index (χ3n) is 3.81. The lowest BCUT2D eigenvalue weighted by molar-refractivity contribution is 0.787. The van der Waals surface area contributed by atoms with Gasteiger partial charge in [-0.2, -0.15) is 0 Å². The van der Waals surface area contributed by atoms with E-state index in [9.17, 15) is 0 Å². The minimum atomic E-state index is 0.513. The highest BCUT2D eigenvalue weighted by atomic mass is 15.0. The summed E-state index contributed by atoms with van der Waals surface area (Å²) in [7, 11) is 2.13. The van der Waals surface area contributed by atoms with Gasteiger partial charge in [0.25, 0.3) is 0 Å². The lowest BCUT2D eigenvalue weighted by Gasteiger charge is -2.08. The highest BCUT2D eigenvalue weighted by molar-refractivity contribution is 5.89. The van der Waals surface area contributed by atoms with Gasteiger partial charge in [-0.1, -0.05) is 26.0 Å². The smallest absolute Gasteiger partial charge is 0.0515 e. The molecule has 0 saturated heterocycles. The van der Waals surface area contributed by atoms with Gasteiger partial charge in [-0.25, -0.2) is 0 Å². The molecule has 92 valence electrons. The van der Waals surface area contributed by atoms with Gasteiger partial charge in [-0.05, 0) is 36.5 Å². The first kappa shape index (κ1) is 12.2. The fourth-order valence-corrected chi connectivity index (χ4v) is 2.81. The Morgan fingerprint density at radius 2 is 1.88 bits per heavy atom. The second-order valence-electron chi connectivity index (χ2n) is 5.18. The Kier molecular flexibility index (Phi) is 3.00. The van der Waals surface area contributed by atoms with E-state index < -0.39 is 0 Å². The van der Waals surface area contributed by atoms with E-state index in [4.69, 9.17) is 5.73 Å². The summed E-state index contributed by atoms with van der Waals surface area (Å²) < 4.78 is 2.27. The van der Waals surface area contributed by atoms with Crippen LogP contribution >= 0.6 is 0 Å². The predicted octanol–water partition coefficient (Wildman–Crippen LogP) is 3.38. The van der Waals surface area contributed by atoms with Crippen molar-refractivity contribution in [2.24, 2.45) is 12.8 Å². The van der Waals surface area contributed by atoms with E-state index in [2.05, 4.69) is 51.4 Å². The largest absolute Gasteiger partial charge is 0.346 e. The molecule has 0 fully saturated rings. The third kappa shape index (κ3) is 1.67. The summed E-state index contributed by atoms with van der Waals surface area (Å²) >= 11 is 0. The first-order chi connectivity index (χ1) is 7.99. The molecule has 2 rings (SSSR count). The average molecular weight is 230 g/mol. The van der Waals surface area contributed by atoms with Crippen LogP contribution in [0.1, 0.15) is 42.1 Å². The molecule has 1 aromatic heterocycles. The first-order valence-corrected chi connectivity index (χ1v) is 6.26. The van der Waals surface area contributed by atoms with Gasteiger partial charge >= 0.3 is 0 Å². The lowest BCUT2D eigenvalue weighted by Crippen LogP contribution is -2.06. The molecular formula is C15H22N2. The summed E-state index contributed by atoms with van der Waals surface area (Å²) in [5.41, 5.74) is 12.7. The zero-order valence-corrected chi connectivity index (χ0v) is 11.5. The van der Waals surface area contributed by atoms with Gasteiger partial charge in [0.2, 0.25) is 0 Å². The van der Waals surface area contributed by atoms with Crippen LogP contribution in [0, 0.1) is 13.8 Å². The van der Waals surface area contributed by atoms with Gasteiger partial charge in [-0.15, -0.1) is 0 Å². The van der Waals surface area contributed by atoms with Crippen LogP contribution < -0.4 is 5.73 Å². The van der Waals surface area contributed by atoms with E-state index in [0.29, 0.717) is 12.5 Å². The van der Waals surface area contributed by atoms with Crippen molar-refractivity contribution in [3.63, 3.8) is 0 Å². The van der Waals surface area contributed by atoms with Crippen LogP contribution in [0.2, 0.25) is 0 Å². The standard InChI is InChI=1S/C15H22N2/c1-9(2)14-12-7-6-10(3)11(4)15(12)17(5)13(14)8-16/h6-7,9H,8,16H2,1-5H3. The van der Waals surface area contributed by atoms with Crippen LogP contribution in [0.5, 0.6) is 0 Å². The van der Waals surface area contributed by atoms with E-state index in [1.807, 2.05) is 0 Å². The SMILES string of the molecule is Cc1ccc2c(C(C)C)c(CN)n(C)c2c1C. The Hall–Kier alpha value is -1.28. The summed E-state index contributed by atoms with van der Waals surface area (Å²) in [6.07, 6.45) is 0. The molecule has 0 saturated carbocycles. The Bertz CT molecular complexity index is 562. The fourth-order valence-electron chi connectivity index (χ4n) is 2.81. The minimum Gasteiger partial charge on any atom is -0.346 e. The number of fused-ring (bicyclic) bond motifs is 1. The Labute approximate surface area is 103 Å². The van der Waals surface area contributed by atoms with Crippen molar-refractivity contribution in [1.82, 2.24) is 4.57 Å². The van der Waals surface area contributed by atoms with E-state index in [1.54, 1.807) is 0 Å². The molecule has 0 aliphatic carbocycles. The van der Waals surface area contributed by atoms with Crippen molar-refractivity contribution in [2.75, 3.05) is 0 Å². The lowest BCUT2D eigenvalue weighted by atomic mass is 9.97. The number of aryl methyl sites for hydroxylation is 3. The maximum Gasteiger partial charge on any atom is 0.0515 e. The summed E-state index contributed by atoms with van der Waals surface area (Å²) in [6, 6.07) is 4.45. The van der Waals surface area contributed by atoms with Gasteiger partial charge in [-0.3, -0.25) is 0 Å². The van der Waals surface area contributed by atoms with Crippen LogP contribution in [-0.2, 0) is 13.6 Å². The van der Waals surface area contributed by atoms with Gasteiger partial charge in [0, 0.05) is 24.7 Å². The van der Waals surface area contributed by atoms with E-state index in [0.717, 1.165) is 0 Å². The molecule has 17 heavy (non-hydrogen) atoms. The number of nitrogens with zero attached hydrogens (tertiary/aromatic N) is 1. The van der Waals surface area contributed by atoms with Gasteiger partial charge in [0.05, 0.1) is 5.52 Å². The summed E-state index contributed by atoms with van der Waals surface area (Å²) in [5, 5.41) is 1.37. The number of hydrogen-bond acceptors (Lipinski definition) is 1. The molecule has 0 unspecified atom stereocenters. The van der Waals surface area contributed by atoms with Crippen LogP contribution in [0.15, 0.2) is 12.1 Å². The normalized spacial score (nSPS) is 11.7. The van der Waals surface area contributed by atoms with Gasteiger partial charge in [0.15, 0.2) is 0 Å². The number of rotatable bonds is 2. The van der Waals surface area contributed by atoms with Gasteiger partial charge in [0.1, 0.15) is 0 Å². The van der Waals surface area contributed by atoms with Crippen molar-refractivity contribution in [1.29, 1.82) is 0 Å². The molecule has 0 spiro atoms. The number of nitrogens with two attached hydrogens (primary N) is 1. The topological polar surface area (TPSA) is 30.9 Å². The van der Waals surface area contributed by atoms with Crippen molar-refractivity contribution in [3.8, 4) is 0 Å². The number of aromatic nitrogens is 1. The molecule has 0 aliphatic heterocycles. The molecule has 2 N–H and O–H groups in total. The second-order valence-corrected chi connectivity index (χ2v) is 5.18. The van der Waals surface area contributed by atoms with Crippen molar-refractivity contribution in [2.45, 2.75) is 40.2 Å². The zero-order valence-electron chi connectivity index (χ0n) is 11.5. The second kappa shape index (κ2) is 4.19. The molecule has 0 radical (unpaired) electrons. The van der Waals surface area contributed by atoms with Crippen LogP contribution in [0.3, 0.4) is 0 Å². The molecular weight excluding hydrogens is 208 g/mol. The summed E-state index contributed by atoms with van der Waals surface area (Å²) in [5.74, 6) is 0.513. The van der Waals surface area contributed by atoms with Crippen molar-refractivity contribution < 1.29 is 0 Å². The van der Waals surface area contributed by atoms with Crippen LogP contribution in [-0.4, -0.2) is 4.57 Å². The molecule has 1 heterocycles. The molecule has 1 aromatic carbocycles. The number of benzene rings is 1. The van der Waals surface area contributed by atoms with Crippen LogP contribution in [0.4, 0.5) is 0 Å². The Morgan fingerprint density at radius 3 is 2.41 bits per heavy atom. The molecule has 2 aromatic rings. The molecule has 2 heteroatoms. The maximum atomic E-state index is 5.92. The molecule has 2 nitrogen and oxygen atoms in total. The highest BCUT2D eigenvalue weighted by Gasteiger charge is 2.18. The minimum absolute atomic E-state index is 0.513. The van der Waals surface area contributed by atoms with Gasteiger partial charge < -0.3 is 10.3 Å². The maximum absolute atomic E-state index is 5.92. The monoisotopic (exact) mass is 230 g/mol. The Morgan fingerprint density at radius 1 is 1.24 bits per heavy atom. The molecule has 0 bridgehead atoms. The van der Waals surface area contributed by atoms with Crippen molar-refractivity contribution >= 4 is 10.9 Å². The zero-order chi connectivity index (χ0) is 12.7. The average Bonchev–Trinajstić information content (AvgIpc) is 2.57. The van der Waals surface area contributed by atoms with E-state index >= 15 is 0 Å². The predicted molar refractivity (Wildman–Crippen MR) is 74.4 cm³/mol. The molecule has 0 amide bonds. The third-order valence-corrected chi connectivity index (χ3v) is 3.81. The molecule has 0 aliphatic rings. The molecule has 0 atom stereocenters. The summed E-state index contributed by atoms with van der Waals surface area (Å²) in [4.78, 5) is 0.